The van der Waals surface area contributed by atoms with E-state index >= 15 is 0 Å². The van der Waals surface area contributed by atoms with Crippen LogP contribution in [0.4, 0.5) is 0 Å². The maximum Gasteiger partial charge on any atom is 0.255 e. The van der Waals surface area contributed by atoms with Gasteiger partial charge in [-0.2, -0.15) is 0 Å². The first-order valence-electron chi connectivity index (χ1n) is 12.6. The average Bonchev–Trinajstić information content (AvgIpc) is 3.39. The van der Waals surface area contributed by atoms with Gasteiger partial charge in [-0.05, 0) is 23.3 Å². The van der Waals surface area contributed by atoms with Gasteiger partial charge in [0, 0.05) is 55.3 Å². The molecule has 0 saturated carbocycles. The lowest BCUT2D eigenvalue weighted by Gasteiger charge is -2.34. The van der Waals surface area contributed by atoms with Crippen LogP contribution < -0.4 is 0 Å². The van der Waals surface area contributed by atoms with Crippen LogP contribution >= 0.6 is 0 Å². The first kappa shape index (κ1) is 23.0. The highest BCUT2D eigenvalue weighted by Gasteiger charge is 2.42. The van der Waals surface area contributed by atoms with Crippen LogP contribution in [0, 0.1) is 0 Å². The monoisotopic (exact) mass is 492 g/mol. The SMILES string of the molecule is Cn1c(-c2ccccc2)c(C2c3ccccc3C(=O)N2CC(=O)N2CCN(C=O)CC2)c2ccccc21. The van der Waals surface area contributed by atoms with Crippen molar-refractivity contribution in [2.24, 2.45) is 7.05 Å². The van der Waals surface area contributed by atoms with Gasteiger partial charge in [-0.25, -0.2) is 0 Å². The smallest absolute Gasteiger partial charge is 0.255 e. The molecule has 7 heteroatoms. The number of hydrogen-bond acceptors (Lipinski definition) is 3. The molecule has 0 N–H and O–H groups in total. The zero-order valence-electron chi connectivity index (χ0n) is 20.7. The van der Waals surface area contributed by atoms with E-state index in [1.54, 1.807) is 14.7 Å². The van der Waals surface area contributed by atoms with Crippen LogP contribution in [-0.2, 0) is 16.6 Å². The van der Waals surface area contributed by atoms with E-state index < -0.39 is 6.04 Å². The Balaban J connectivity index is 1.48. The molecule has 0 radical (unpaired) electrons. The lowest BCUT2D eigenvalue weighted by atomic mass is 9.93. The maximum absolute atomic E-state index is 13.8. The average molecular weight is 493 g/mol. The Morgan fingerprint density at radius 3 is 2.32 bits per heavy atom. The second kappa shape index (κ2) is 9.24. The fraction of sp³-hybridized carbons (Fsp3) is 0.233. The number of hydrogen-bond donors (Lipinski definition) is 0. The summed E-state index contributed by atoms with van der Waals surface area (Å²) in [6.45, 7) is 1.95. The lowest BCUT2D eigenvalue weighted by molar-refractivity contribution is -0.135. The number of piperazine rings is 1. The molecule has 2 aliphatic rings. The topological polar surface area (TPSA) is 65.9 Å². The standard InChI is InChI=1S/C30H28N4O3/c1-31-25-14-8-7-13-24(25)27(28(31)21-9-3-2-4-10-21)29-22-11-5-6-12-23(22)30(37)34(29)19-26(36)33-17-15-32(20-35)16-18-33/h2-14,20,29H,15-19H2,1H3. The molecule has 3 amide bonds. The first-order chi connectivity index (χ1) is 18.1. The molecule has 6 rings (SSSR count). The van der Waals surface area contributed by atoms with E-state index in [1.807, 2.05) is 54.6 Å². The maximum atomic E-state index is 13.8. The summed E-state index contributed by atoms with van der Waals surface area (Å²) in [7, 11) is 2.05. The van der Waals surface area contributed by atoms with Crippen molar-refractivity contribution >= 4 is 29.1 Å². The molecule has 1 saturated heterocycles. The molecule has 186 valence electrons. The van der Waals surface area contributed by atoms with Crippen LogP contribution in [0.15, 0.2) is 78.9 Å². The minimum absolute atomic E-state index is 0.0171. The molecule has 2 aliphatic heterocycles. The number of benzene rings is 3. The van der Waals surface area contributed by atoms with Crippen molar-refractivity contribution in [3.63, 3.8) is 0 Å². The van der Waals surface area contributed by atoms with Gasteiger partial charge in [0.15, 0.2) is 0 Å². The molecular formula is C30H28N4O3. The predicted molar refractivity (Wildman–Crippen MR) is 142 cm³/mol. The van der Waals surface area contributed by atoms with Gasteiger partial charge >= 0.3 is 0 Å². The third kappa shape index (κ3) is 3.78. The predicted octanol–water partition coefficient (Wildman–Crippen LogP) is 3.69. The normalized spacial score (nSPS) is 17.4. The largest absolute Gasteiger partial charge is 0.343 e. The first-order valence-corrected chi connectivity index (χ1v) is 12.6. The van der Waals surface area contributed by atoms with Crippen molar-refractivity contribution in [2.75, 3.05) is 32.7 Å². The highest BCUT2D eigenvalue weighted by Crippen LogP contribution is 2.46. The Labute approximate surface area is 215 Å². The molecule has 3 heterocycles. The van der Waals surface area contributed by atoms with E-state index in [4.69, 9.17) is 0 Å². The van der Waals surface area contributed by atoms with E-state index in [2.05, 4.69) is 35.9 Å². The van der Waals surface area contributed by atoms with Crippen molar-refractivity contribution in [3.8, 4) is 11.3 Å². The number of aryl methyl sites for hydroxylation is 1. The Kier molecular flexibility index (Phi) is 5.75. The Bertz CT molecular complexity index is 1500. The number of rotatable bonds is 5. The van der Waals surface area contributed by atoms with Crippen molar-refractivity contribution in [2.45, 2.75) is 6.04 Å². The van der Waals surface area contributed by atoms with Crippen molar-refractivity contribution < 1.29 is 14.4 Å². The summed E-state index contributed by atoms with van der Waals surface area (Å²) < 4.78 is 2.18. The van der Waals surface area contributed by atoms with Gasteiger partial charge in [-0.3, -0.25) is 14.4 Å². The zero-order chi connectivity index (χ0) is 25.5. The highest BCUT2D eigenvalue weighted by atomic mass is 16.2. The molecule has 0 spiro atoms. The van der Waals surface area contributed by atoms with Crippen molar-refractivity contribution in [1.29, 1.82) is 0 Å². The fourth-order valence-corrected chi connectivity index (χ4v) is 5.81. The van der Waals surface area contributed by atoms with E-state index in [9.17, 15) is 14.4 Å². The van der Waals surface area contributed by atoms with Gasteiger partial charge in [-0.15, -0.1) is 0 Å². The molecule has 4 aromatic rings. The summed E-state index contributed by atoms with van der Waals surface area (Å²) >= 11 is 0. The molecule has 37 heavy (non-hydrogen) atoms. The van der Waals surface area contributed by atoms with Crippen LogP contribution in [0.5, 0.6) is 0 Å². The van der Waals surface area contributed by atoms with Gasteiger partial charge in [0.2, 0.25) is 12.3 Å². The van der Waals surface area contributed by atoms with Crippen LogP contribution in [-0.4, -0.2) is 70.2 Å². The van der Waals surface area contributed by atoms with Crippen LogP contribution in [0.1, 0.15) is 27.5 Å². The molecule has 1 atom stereocenters. The number of para-hydroxylation sites is 1. The molecule has 1 aromatic heterocycles. The molecule has 7 nitrogen and oxygen atoms in total. The van der Waals surface area contributed by atoms with E-state index in [1.165, 1.54) is 0 Å². The zero-order valence-corrected chi connectivity index (χ0v) is 20.7. The van der Waals surface area contributed by atoms with Crippen LogP contribution in [0.2, 0.25) is 0 Å². The number of carbonyl (C=O) groups is 3. The third-order valence-electron chi connectivity index (χ3n) is 7.65. The summed E-state index contributed by atoms with van der Waals surface area (Å²) in [6, 6.07) is 25.7. The lowest BCUT2D eigenvalue weighted by Crippen LogP contribution is -2.51. The van der Waals surface area contributed by atoms with E-state index in [-0.39, 0.29) is 18.4 Å². The molecule has 3 aromatic carbocycles. The Hall–Kier alpha value is -4.39. The number of carbonyl (C=O) groups excluding carboxylic acids is 3. The molecule has 0 bridgehead atoms. The second-order valence-corrected chi connectivity index (χ2v) is 9.65. The van der Waals surface area contributed by atoms with Crippen molar-refractivity contribution in [1.82, 2.24) is 19.3 Å². The Morgan fingerprint density at radius 2 is 1.57 bits per heavy atom. The second-order valence-electron chi connectivity index (χ2n) is 9.65. The summed E-state index contributed by atoms with van der Waals surface area (Å²) in [5.74, 6) is -0.231. The molecular weight excluding hydrogens is 464 g/mol. The fourth-order valence-electron chi connectivity index (χ4n) is 5.81. The minimum Gasteiger partial charge on any atom is -0.343 e. The van der Waals surface area contributed by atoms with Gasteiger partial charge in [-0.1, -0.05) is 66.7 Å². The van der Waals surface area contributed by atoms with Crippen molar-refractivity contribution in [3.05, 3.63) is 95.6 Å². The van der Waals surface area contributed by atoms with Gasteiger partial charge in [0.1, 0.15) is 6.54 Å². The third-order valence-corrected chi connectivity index (χ3v) is 7.65. The minimum atomic E-state index is -0.398. The van der Waals surface area contributed by atoms with E-state index in [0.717, 1.165) is 39.7 Å². The number of aromatic nitrogens is 1. The highest BCUT2D eigenvalue weighted by molar-refractivity contribution is 6.03. The molecule has 0 aliphatic carbocycles. The molecule has 1 fully saturated rings. The summed E-state index contributed by atoms with van der Waals surface area (Å²) in [6.07, 6.45) is 0.824. The van der Waals surface area contributed by atoms with Crippen LogP contribution in [0.25, 0.3) is 22.2 Å². The van der Waals surface area contributed by atoms with Gasteiger partial charge < -0.3 is 19.3 Å². The van der Waals surface area contributed by atoms with Crippen LogP contribution in [0.3, 0.4) is 0 Å². The summed E-state index contributed by atoms with van der Waals surface area (Å²) in [4.78, 5) is 43.5. The molecule has 1 unspecified atom stereocenters. The number of amides is 3. The van der Waals surface area contributed by atoms with E-state index in [0.29, 0.717) is 31.7 Å². The van der Waals surface area contributed by atoms with Gasteiger partial charge in [0.25, 0.3) is 5.91 Å². The number of nitrogens with zero attached hydrogens (tertiary/aromatic N) is 4. The Morgan fingerprint density at radius 1 is 0.892 bits per heavy atom. The summed E-state index contributed by atoms with van der Waals surface area (Å²) in [5.41, 5.74) is 5.75. The number of fused-ring (bicyclic) bond motifs is 2. The van der Waals surface area contributed by atoms with Gasteiger partial charge in [0.05, 0.1) is 11.7 Å². The quantitative estimate of drug-likeness (QED) is 0.399. The summed E-state index contributed by atoms with van der Waals surface area (Å²) in [5, 5.41) is 1.07.